The van der Waals surface area contributed by atoms with Crippen molar-refractivity contribution in [3.05, 3.63) is 23.8 Å². The Balaban J connectivity index is 1.88. The fraction of sp³-hybridized carbons (Fsp3) is 0.667. The highest BCUT2D eigenvalue weighted by Gasteiger charge is 2.06. The Hall–Kier alpha value is -1.16. The van der Waals surface area contributed by atoms with Crippen molar-refractivity contribution in [2.75, 3.05) is 6.54 Å². The van der Waals surface area contributed by atoms with Crippen LogP contribution in [0.5, 0.6) is 0 Å². The van der Waals surface area contributed by atoms with E-state index >= 15 is 0 Å². The molecule has 88 valence electrons. The van der Waals surface area contributed by atoms with E-state index in [0.717, 1.165) is 25.2 Å². The number of hydrogen-bond acceptors (Lipinski definition) is 3. The van der Waals surface area contributed by atoms with E-state index in [9.17, 15) is 0 Å². The SMILES string of the molecule is NCCc1nncn1CCC1=CCCCC1. The summed E-state index contributed by atoms with van der Waals surface area (Å²) in [6.07, 6.45) is 11.4. The first-order chi connectivity index (χ1) is 7.90. The van der Waals surface area contributed by atoms with E-state index < -0.39 is 0 Å². The lowest BCUT2D eigenvalue weighted by Gasteiger charge is -2.13. The predicted octanol–water partition coefficient (Wildman–Crippen LogP) is 1.67. The third-order valence-corrected chi connectivity index (χ3v) is 3.12. The maximum absolute atomic E-state index is 5.54. The van der Waals surface area contributed by atoms with Crippen LogP contribution in [0, 0.1) is 0 Å². The molecule has 0 aliphatic heterocycles. The molecule has 1 aromatic heterocycles. The Morgan fingerprint density at radius 2 is 2.25 bits per heavy atom. The van der Waals surface area contributed by atoms with Crippen molar-refractivity contribution >= 4 is 0 Å². The van der Waals surface area contributed by atoms with Gasteiger partial charge in [-0.05, 0) is 38.6 Å². The van der Waals surface area contributed by atoms with Crippen molar-refractivity contribution in [2.24, 2.45) is 5.73 Å². The second-order valence-electron chi connectivity index (χ2n) is 4.34. The van der Waals surface area contributed by atoms with Crippen LogP contribution in [0.1, 0.15) is 37.9 Å². The molecule has 1 aliphatic rings. The number of nitrogens with two attached hydrogens (primary N) is 1. The van der Waals surface area contributed by atoms with Crippen LogP contribution >= 0.6 is 0 Å². The van der Waals surface area contributed by atoms with Gasteiger partial charge >= 0.3 is 0 Å². The lowest BCUT2D eigenvalue weighted by atomic mass is 9.97. The van der Waals surface area contributed by atoms with E-state index in [-0.39, 0.29) is 0 Å². The molecule has 2 rings (SSSR count). The fourth-order valence-corrected chi connectivity index (χ4v) is 2.18. The van der Waals surface area contributed by atoms with E-state index in [1.807, 2.05) is 6.33 Å². The fourth-order valence-electron chi connectivity index (χ4n) is 2.18. The van der Waals surface area contributed by atoms with Crippen molar-refractivity contribution in [1.82, 2.24) is 14.8 Å². The zero-order chi connectivity index (χ0) is 11.2. The molecular weight excluding hydrogens is 200 g/mol. The molecule has 1 aliphatic carbocycles. The molecule has 0 aromatic carbocycles. The van der Waals surface area contributed by atoms with Crippen LogP contribution in [-0.4, -0.2) is 21.3 Å². The van der Waals surface area contributed by atoms with E-state index in [0.29, 0.717) is 6.54 Å². The summed E-state index contributed by atoms with van der Waals surface area (Å²) in [5.74, 6) is 1.01. The molecule has 1 aromatic rings. The molecule has 0 saturated heterocycles. The highest BCUT2D eigenvalue weighted by molar-refractivity contribution is 5.05. The normalized spacial score (nSPS) is 16.2. The van der Waals surface area contributed by atoms with Gasteiger partial charge in [-0.1, -0.05) is 11.6 Å². The zero-order valence-electron chi connectivity index (χ0n) is 9.73. The summed E-state index contributed by atoms with van der Waals surface area (Å²) in [6.45, 7) is 1.63. The molecule has 0 radical (unpaired) electrons. The first-order valence-electron chi connectivity index (χ1n) is 6.15. The summed E-state index contributed by atoms with van der Waals surface area (Å²) >= 11 is 0. The number of rotatable bonds is 5. The smallest absolute Gasteiger partial charge is 0.134 e. The predicted molar refractivity (Wildman–Crippen MR) is 63.9 cm³/mol. The summed E-state index contributed by atoms with van der Waals surface area (Å²) in [6, 6.07) is 0. The van der Waals surface area contributed by atoms with Crippen molar-refractivity contribution in [2.45, 2.75) is 45.1 Å². The average Bonchev–Trinajstić information content (AvgIpc) is 2.76. The molecule has 0 amide bonds. The molecule has 4 heteroatoms. The zero-order valence-corrected chi connectivity index (χ0v) is 9.73. The Morgan fingerprint density at radius 1 is 1.31 bits per heavy atom. The van der Waals surface area contributed by atoms with Crippen molar-refractivity contribution in [3.63, 3.8) is 0 Å². The van der Waals surface area contributed by atoms with Gasteiger partial charge in [0.2, 0.25) is 0 Å². The van der Waals surface area contributed by atoms with Gasteiger partial charge in [-0.25, -0.2) is 0 Å². The van der Waals surface area contributed by atoms with Crippen LogP contribution in [0.3, 0.4) is 0 Å². The first kappa shape index (κ1) is 11.3. The Labute approximate surface area is 96.6 Å². The number of aromatic nitrogens is 3. The lowest BCUT2D eigenvalue weighted by molar-refractivity contribution is 0.605. The molecule has 2 N–H and O–H groups in total. The minimum Gasteiger partial charge on any atom is -0.330 e. The van der Waals surface area contributed by atoms with Crippen LogP contribution in [0.2, 0.25) is 0 Å². The molecule has 0 spiro atoms. The average molecular weight is 220 g/mol. The van der Waals surface area contributed by atoms with Crippen LogP contribution in [-0.2, 0) is 13.0 Å². The van der Waals surface area contributed by atoms with Crippen molar-refractivity contribution in [3.8, 4) is 0 Å². The van der Waals surface area contributed by atoms with Gasteiger partial charge in [-0.3, -0.25) is 0 Å². The number of aryl methyl sites for hydroxylation is 1. The molecule has 1 heterocycles. The van der Waals surface area contributed by atoms with Crippen molar-refractivity contribution in [1.29, 1.82) is 0 Å². The standard InChI is InChI=1S/C12H20N4/c13-8-6-12-15-14-10-16(12)9-7-11-4-2-1-3-5-11/h4,10H,1-3,5-9,13H2. The molecular formula is C12H20N4. The van der Waals surface area contributed by atoms with Gasteiger partial charge in [0.25, 0.3) is 0 Å². The largest absolute Gasteiger partial charge is 0.330 e. The minimum atomic E-state index is 0.640. The van der Waals surface area contributed by atoms with E-state index in [1.165, 1.54) is 25.7 Å². The van der Waals surface area contributed by atoms with Crippen LogP contribution in [0.4, 0.5) is 0 Å². The maximum atomic E-state index is 5.54. The van der Waals surface area contributed by atoms with Crippen LogP contribution in [0.15, 0.2) is 18.0 Å². The van der Waals surface area contributed by atoms with Crippen molar-refractivity contribution < 1.29 is 0 Å². The van der Waals surface area contributed by atoms with Gasteiger partial charge in [0.15, 0.2) is 0 Å². The van der Waals surface area contributed by atoms with Crippen LogP contribution in [0.25, 0.3) is 0 Å². The van der Waals surface area contributed by atoms with Gasteiger partial charge in [0, 0.05) is 13.0 Å². The van der Waals surface area contributed by atoms with Gasteiger partial charge < -0.3 is 10.3 Å². The second-order valence-corrected chi connectivity index (χ2v) is 4.34. The quantitative estimate of drug-likeness (QED) is 0.768. The van der Waals surface area contributed by atoms with E-state index in [4.69, 9.17) is 5.73 Å². The minimum absolute atomic E-state index is 0.640. The first-order valence-corrected chi connectivity index (χ1v) is 6.15. The molecule has 0 fully saturated rings. The van der Waals surface area contributed by atoms with Gasteiger partial charge in [0.05, 0.1) is 0 Å². The highest BCUT2D eigenvalue weighted by Crippen LogP contribution is 2.20. The molecule has 0 saturated carbocycles. The summed E-state index contributed by atoms with van der Waals surface area (Å²) < 4.78 is 2.13. The third-order valence-electron chi connectivity index (χ3n) is 3.12. The van der Waals surface area contributed by atoms with Gasteiger partial charge in [-0.2, -0.15) is 0 Å². The molecule has 0 unspecified atom stereocenters. The van der Waals surface area contributed by atoms with Gasteiger partial charge in [0.1, 0.15) is 12.2 Å². The topological polar surface area (TPSA) is 56.7 Å². The summed E-state index contributed by atoms with van der Waals surface area (Å²) in [5.41, 5.74) is 7.13. The number of nitrogens with zero attached hydrogens (tertiary/aromatic N) is 3. The molecule has 16 heavy (non-hydrogen) atoms. The third kappa shape index (κ3) is 2.92. The molecule has 4 nitrogen and oxygen atoms in total. The lowest BCUT2D eigenvalue weighted by Crippen LogP contribution is -2.10. The highest BCUT2D eigenvalue weighted by atomic mass is 15.3. The second kappa shape index (κ2) is 5.80. The van der Waals surface area contributed by atoms with E-state index in [1.54, 1.807) is 5.57 Å². The monoisotopic (exact) mass is 220 g/mol. The summed E-state index contributed by atoms with van der Waals surface area (Å²) in [5, 5.41) is 8.03. The summed E-state index contributed by atoms with van der Waals surface area (Å²) in [7, 11) is 0. The maximum Gasteiger partial charge on any atom is 0.134 e. The molecule has 0 bridgehead atoms. The van der Waals surface area contributed by atoms with E-state index in [2.05, 4.69) is 20.8 Å². The Bertz CT molecular complexity index is 354. The Kier molecular flexibility index (Phi) is 4.10. The number of hydrogen-bond donors (Lipinski definition) is 1. The summed E-state index contributed by atoms with van der Waals surface area (Å²) in [4.78, 5) is 0. The number of allylic oxidation sites excluding steroid dienone is 2. The molecule has 0 atom stereocenters. The Morgan fingerprint density at radius 3 is 3.00 bits per heavy atom. The van der Waals surface area contributed by atoms with Gasteiger partial charge in [-0.15, -0.1) is 10.2 Å². The van der Waals surface area contributed by atoms with Crippen LogP contribution < -0.4 is 5.73 Å².